The Kier molecular flexibility index (Phi) is 4.95. The quantitative estimate of drug-likeness (QED) is 0.769. The highest BCUT2D eigenvalue weighted by Crippen LogP contribution is 2.34. The normalized spacial score (nSPS) is 22.6. The molecule has 0 radical (unpaired) electrons. The minimum absolute atomic E-state index is 0.0322. The molecule has 1 aliphatic rings. The van der Waals surface area contributed by atoms with Gasteiger partial charge in [0.1, 0.15) is 0 Å². The summed E-state index contributed by atoms with van der Waals surface area (Å²) in [5.74, 6) is -1.55. The second-order valence-corrected chi connectivity index (χ2v) is 5.51. The second-order valence-electron chi connectivity index (χ2n) is 5.51. The third-order valence-electron chi connectivity index (χ3n) is 3.77. The smallest absolute Gasteiger partial charge is 0.309 e. The summed E-state index contributed by atoms with van der Waals surface area (Å²) >= 11 is 0. The van der Waals surface area contributed by atoms with Crippen molar-refractivity contribution in [3.05, 3.63) is 0 Å². The van der Waals surface area contributed by atoms with E-state index in [9.17, 15) is 15.0 Å². The summed E-state index contributed by atoms with van der Waals surface area (Å²) in [7, 11) is 0. The van der Waals surface area contributed by atoms with Crippen molar-refractivity contribution in [3.63, 3.8) is 0 Å². The van der Waals surface area contributed by atoms with Crippen LogP contribution in [0.4, 0.5) is 0 Å². The molecule has 17 heavy (non-hydrogen) atoms. The average Bonchev–Trinajstić information content (AvgIpc) is 2.20. The van der Waals surface area contributed by atoms with Gasteiger partial charge in [-0.1, -0.05) is 20.8 Å². The Bertz CT molecular complexity index is 257. The van der Waals surface area contributed by atoms with E-state index >= 15 is 0 Å². The van der Waals surface area contributed by atoms with Crippen LogP contribution >= 0.6 is 0 Å². The molecule has 1 fully saturated rings. The number of carboxylic acids is 1. The third-order valence-corrected chi connectivity index (χ3v) is 3.77. The van der Waals surface area contributed by atoms with Gasteiger partial charge in [0.25, 0.3) is 0 Å². The van der Waals surface area contributed by atoms with E-state index in [0.717, 1.165) is 26.1 Å². The summed E-state index contributed by atoms with van der Waals surface area (Å²) < 4.78 is 0. The Labute approximate surface area is 104 Å². The number of aliphatic hydroxyl groups is 1. The van der Waals surface area contributed by atoms with Gasteiger partial charge in [-0.25, -0.2) is 0 Å². The van der Waals surface area contributed by atoms with Crippen LogP contribution < -0.4 is 0 Å². The molecule has 1 unspecified atom stereocenters. The third kappa shape index (κ3) is 3.42. The molecule has 1 rings (SSSR count). The summed E-state index contributed by atoms with van der Waals surface area (Å²) in [5, 5.41) is 19.8. The number of hydrogen-bond acceptors (Lipinski definition) is 3. The van der Waals surface area contributed by atoms with Crippen LogP contribution in [-0.2, 0) is 4.79 Å². The molecule has 0 aromatic carbocycles. The Morgan fingerprint density at radius 1 is 1.35 bits per heavy atom. The minimum Gasteiger partial charge on any atom is -0.481 e. The van der Waals surface area contributed by atoms with Crippen molar-refractivity contribution in [3.8, 4) is 0 Å². The first-order valence-electron chi connectivity index (χ1n) is 6.58. The molecule has 2 N–H and O–H groups in total. The van der Waals surface area contributed by atoms with E-state index in [2.05, 4.69) is 11.8 Å². The molecule has 1 heterocycles. The topological polar surface area (TPSA) is 60.8 Å². The fraction of sp³-hybridized carbons (Fsp3) is 0.923. The molecule has 0 spiro atoms. The van der Waals surface area contributed by atoms with Gasteiger partial charge < -0.3 is 15.1 Å². The Balaban J connectivity index is 2.67. The minimum atomic E-state index is -1.02. The molecule has 1 saturated heterocycles. The van der Waals surface area contributed by atoms with Crippen LogP contribution in [0.25, 0.3) is 0 Å². The second kappa shape index (κ2) is 5.83. The van der Waals surface area contributed by atoms with E-state index in [-0.39, 0.29) is 5.92 Å². The van der Waals surface area contributed by atoms with Crippen molar-refractivity contribution in [2.45, 2.75) is 45.6 Å². The summed E-state index contributed by atoms with van der Waals surface area (Å²) in [4.78, 5) is 13.6. The van der Waals surface area contributed by atoms with Gasteiger partial charge in [-0.15, -0.1) is 0 Å². The molecule has 0 aliphatic carbocycles. The highest BCUT2D eigenvalue weighted by molar-refractivity contribution is 5.71. The Hall–Kier alpha value is -0.610. The van der Waals surface area contributed by atoms with E-state index in [0.29, 0.717) is 12.8 Å². The van der Waals surface area contributed by atoms with Crippen LogP contribution in [-0.4, -0.2) is 46.3 Å². The van der Waals surface area contributed by atoms with E-state index in [1.54, 1.807) is 0 Å². The zero-order valence-electron chi connectivity index (χ0n) is 11.1. The van der Waals surface area contributed by atoms with Crippen LogP contribution in [0.3, 0.4) is 0 Å². The van der Waals surface area contributed by atoms with Crippen LogP contribution in [0.2, 0.25) is 0 Å². The SMILES string of the molecule is CCCN1CCC(O)(C(C(=O)O)C(C)C)CC1. The molecular formula is C13H25NO3. The average molecular weight is 243 g/mol. The van der Waals surface area contributed by atoms with Gasteiger partial charge in [-0.3, -0.25) is 4.79 Å². The van der Waals surface area contributed by atoms with Crippen molar-refractivity contribution >= 4 is 5.97 Å². The van der Waals surface area contributed by atoms with Crippen LogP contribution in [0, 0.1) is 11.8 Å². The molecule has 0 amide bonds. The zero-order valence-corrected chi connectivity index (χ0v) is 11.1. The summed E-state index contributed by atoms with van der Waals surface area (Å²) in [6, 6.07) is 0. The highest BCUT2D eigenvalue weighted by Gasteiger charge is 2.45. The van der Waals surface area contributed by atoms with E-state index in [1.807, 2.05) is 13.8 Å². The predicted molar refractivity (Wildman–Crippen MR) is 66.9 cm³/mol. The van der Waals surface area contributed by atoms with Gasteiger partial charge >= 0.3 is 5.97 Å². The molecule has 0 aromatic rings. The number of aliphatic carboxylic acids is 1. The van der Waals surface area contributed by atoms with Crippen LogP contribution in [0.1, 0.15) is 40.0 Å². The van der Waals surface area contributed by atoms with Crippen molar-refractivity contribution in [2.75, 3.05) is 19.6 Å². The van der Waals surface area contributed by atoms with Crippen LogP contribution in [0.5, 0.6) is 0 Å². The van der Waals surface area contributed by atoms with Gasteiger partial charge in [0.15, 0.2) is 0 Å². The standard InChI is InChI=1S/C13H25NO3/c1-4-7-14-8-5-13(17,6-9-14)11(10(2)3)12(15)16/h10-11,17H,4-9H2,1-3H3,(H,15,16). The lowest BCUT2D eigenvalue weighted by molar-refractivity contribution is -0.160. The lowest BCUT2D eigenvalue weighted by atomic mass is 9.74. The molecule has 100 valence electrons. The molecule has 1 aliphatic heterocycles. The maximum absolute atomic E-state index is 11.3. The number of nitrogens with zero attached hydrogens (tertiary/aromatic N) is 1. The molecule has 0 aromatic heterocycles. The first-order valence-corrected chi connectivity index (χ1v) is 6.58. The Morgan fingerprint density at radius 2 is 1.88 bits per heavy atom. The Morgan fingerprint density at radius 3 is 2.24 bits per heavy atom. The van der Waals surface area contributed by atoms with E-state index in [1.165, 1.54) is 0 Å². The maximum atomic E-state index is 11.3. The lowest BCUT2D eigenvalue weighted by Gasteiger charge is -2.42. The molecule has 4 heteroatoms. The number of piperidine rings is 1. The summed E-state index contributed by atoms with van der Waals surface area (Å²) in [6.45, 7) is 8.52. The van der Waals surface area contributed by atoms with Crippen molar-refractivity contribution in [2.24, 2.45) is 11.8 Å². The van der Waals surface area contributed by atoms with Gasteiger partial charge in [0.05, 0.1) is 11.5 Å². The predicted octanol–water partition coefficient (Wildman–Crippen LogP) is 1.58. The van der Waals surface area contributed by atoms with Crippen molar-refractivity contribution < 1.29 is 15.0 Å². The van der Waals surface area contributed by atoms with E-state index in [4.69, 9.17) is 0 Å². The lowest BCUT2D eigenvalue weighted by Crippen LogP contribution is -2.52. The monoisotopic (exact) mass is 243 g/mol. The molecule has 0 saturated carbocycles. The number of likely N-dealkylation sites (tertiary alicyclic amines) is 1. The van der Waals surface area contributed by atoms with Crippen molar-refractivity contribution in [1.82, 2.24) is 4.90 Å². The number of carbonyl (C=O) groups is 1. The van der Waals surface area contributed by atoms with Gasteiger partial charge in [0.2, 0.25) is 0 Å². The van der Waals surface area contributed by atoms with Crippen molar-refractivity contribution in [1.29, 1.82) is 0 Å². The maximum Gasteiger partial charge on any atom is 0.309 e. The zero-order chi connectivity index (χ0) is 13.1. The molecular weight excluding hydrogens is 218 g/mol. The summed E-state index contributed by atoms with van der Waals surface area (Å²) in [5.41, 5.74) is -1.02. The van der Waals surface area contributed by atoms with E-state index < -0.39 is 17.5 Å². The number of hydrogen-bond donors (Lipinski definition) is 2. The molecule has 0 bridgehead atoms. The fourth-order valence-corrected chi connectivity index (χ4v) is 2.93. The largest absolute Gasteiger partial charge is 0.481 e. The highest BCUT2D eigenvalue weighted by atomic mass is 16.4. The number of rotatable bonds is 5. The van der Waals surface area contributed by atoms with Crippen LogP contribution in [0.15, 0.2) is 0 Å². The number of carboxylic acid groups (broad SMARTS) is 1. The first kappa shape index (κ1) is 14.5. The fourth-order valence-electron chi connectivity index (χ4n) is 2.93. The van der Waals surface area contributed by atoms with Gasteiger partial charge in [0, 0.05) is 13.1 Å². The van der Waals surface area contributed by atoms with Gasteiger partial charge in [-0.05, 0) is 31.7 Å². The van der Waals surface area contributed by atoms with Gasteiger partial charge in [-0.2, -0.15) is 0 Å². The summed E-state index contributed by atoms with van der Waals surface area (Å²) in [6.07, 6.45) is 2.25. The molecule has 4 nitrogen and oxygen atoms in total. The molecule has 1 atom stereocenters. The first-order chi connectivity index (χ1) is 7.90.